The molecule has 9 unspecified atom stereocenters. The number of nitrogens with two attached hydrogens (primary N) is 1. The standard InChI is InChI=1S/C28H45NO11S3/c1-16(30)34-13-23-7-20(35-17(2)31)11-27(38-23)42-15-25-9-22(37-19(4)33)12-28(40-25)43-14-24-8-21(36-18(3)32)10-26(39-24)41-6-5-29/h20-28H,5-15,29H2,1-4H3. The quantitative estimate of drug-likeness (QED) is 0.213. The van der Waals surface area contributed by atoms with E-state index >= 15 is 0 Å². The van der Waals surface area contributed by atoms with E-state index in [1.165, 1.54) is 27.7 Å². The van der Waals surface area contributed by atoms with Crippen LogP contribution in [0.1, 0.15) is 66.2 Å². The maximum Gasteiger partial charge on any atom is 0.302 e. The van der Waals surface area contributed by atoms with Gasteiger partial charge in [-0.25, -0.2) is 0 Å². The average molecular weight is 668 g/mol. The third-order valence-corrected chi connectivity index (χ3v) is 10.4. The molecule has 3 saturated heterocycles. The van der Waals surface area contributed by atoms with E-state index in [1.54, 1.807) is 35.3 Å². The van der Waals surface area contributed by atoms with Gasteiger partial charge in [-0.15, -0.1) is 35.3 Å². The Balaban J connectivity index is 1.57. The van der Waals surface area contributed by atoms with Crippen LogP contribution < -0.4 is 5.73 Å². The summed E-state index contributed by atoms with van der Waals surface area (Å²) < 4.78 is 40.6. The topological polar surface area (TPSA) is 159 Å². The van der Waals surface area contributed by atoms with Gasteiger partial charge in [0, 0.05) is 90.0 Å². The van der Waals surface area contributed by atoms with E-state index in [4.69, 9.17) is 38.9 Å². The van der Waals surface area contributed by atoms with Gasteiger partial charge in [0.2, 0.25) is 0 Å². The molecular weight excluding hydrogens is 623 g/mol. The Labute approximate surface area is 266 Å². The first-order valence-corrected chi connectivity index (χ1v) is 17.8. The summed E-state index contributed by atoms with van der Waals surface area (Å²) >= 11 is 4.77. The molecule has 9 atom stereocenters. The van der Waals surface area contributed by atoms with Crippen molar-refractivity contribution in [2.45, 2.75) is 119 Å². The number of ether oxygens (including phenoxy) is 7. The third-order valence-electron chi connectivity index (χ3n) is 6.80. The Morgan fingerprint density at radius 2 is 1.00 bits per heavy atom. The van der Waals surface area contributed by atoms with E-state index in [9.17, 15) is 19.2 Å². The molecule has 0 aromatic carbocycles. The predicted molar refractivity (Wildman–Crippen MR) is 163 cm³/mol. The van der Waals surface area contributed by atoms with E-state index in [2.05, 4.69) is 0 Å². The van der Waals surface area contributed by atoms with Crippen molar-refractivity contribution in [3.63, 3.8) is 0 Å². The zero-order chi connectivity index (χ0) is 31.4. The Morgan fingerprint density at radius 1 is 0.605 bits per heavy atom. The minimum atomic E-state index is -0.400. The highest BCUT2D eigenvalue weighted by atomic mass is 32.2. The fourth-order valence-corrected chi connectivity index (χ4v) is 8.71. The molecule has 0 saturated carbocycles. The molecule has 15 heteroatoms. The van der Waals surface area contributed by atoms with Crippen molar-refractivity contribution >= 4 is 59.2 Å². The molecule has 2 N–H and O–H groups in total. The highest BCUT2D eigenvalue weighted by molar-refractivity contribution is 8.00. The van der Waals surface area contributed by atoms with E-state index in [0.717, 1.165) is 5.75 Å². The van der Waals surface area contributed by atoms with Crippen LogP contribution in [-0.2, 0) is 52.3 Å². The smallest absolute Gasteiger partial charge is 0.302 e. The third kappa shape index (κ3) is 14.2. The van der Waals surface area contributed by atoms with Gasteiger partial charge < -0.3 is 38.9 Å². The number of hydrogen-bond donors (Lipinski definition) is 1. The minimum absolute atomic E-state index is 0.0878. The molecule has 0 radical (unpaired) electrons. The molecule has 12 nitrogen and oxygen atoms in total. The molecule has 0 aromatic rings. The van der Waals surface area contributed by atoms with Gasteiger partial charge in [-0.3, -0.25) is 19.2 Å². The maximum atomic E-state index is 11.8. The van der Waals surface area contributed by atoms with E-state index in [0.29, 0.717) is 56.6 Å². The molecule has 3 aliphatic rings. The zero-order valence-electron chi connectivity index (χ0n) is 25.3. The lowest BCUT2D eigenvalue weighted by Gasteiger charge is -2.38. The summed E-state index contributed by atoms with van der Waals surface area (Å²) in [6, 6.07) is 0. The number of rotatable bonds is 14. The van der Waals surface area contributed by atoms with Crippen LogP contribution in [0.3, 0.4) is 0 Å². The summed E-state index contributed by atoms with van der Waals surface area (Å²) in [5.41, 5.74) is 5.05. The summed E-state index contributed by atoms with van der Waals surface area (Å²) in [7, 11) is 0. The Kier molecular flexibility index (Phi) is 15.7. The van der Waals surface area contributed by atoms with E-state index < -0.39 is 5.97 Å². The molecule has 0 amide bonds. The van der Waals surface area contributed by atoms with Crippen LogP contribution in [-0.4, -0.2) is 107 Å². The van der Waals surface area contributed by atoms with Crippen LogP contribution in [0.2, 0.25) is 0 Å². The van der Waals surface area contributed by atoms with Crippen LogP contribution >= 0.6 is 35.3 Å². The molecule has 3 aliphatic heterocycles. The van der Waals surface area contributed by atoms with Crippen LogP contribution in [0.4, 0.5) is 0 Å². The van der Waals surface area contributed by atoms with Crippen molar-refractivity contribution in [3.05, 3.63) is 0 Å². The van der Waals surface area contributed by atoms with Crippen LogP contribution in [0.15, 0.2) is 0 Å². The van der Waals surface area contributed by atoms with Crippen molar-refractivity contribution in [1.82, 2.24) is 0 Å². The van der Waals surface area contributed by atoms with Gasteiger partial charge in [0.15, 0.2) is 0 Å². The molecule has 0 aliphatic carbocycles. The minimum Gasteiger partial charge on any atom is -0.463 e. The number of thioether (sulfide) groups is 3. The number of esters is 4. The van der Waals surface area contributed by atoms with Crippen LogP contribution in [0.25, 0.3) is 0 Å². The van der Waals surface area contributed by atoms with Gasteiger partial charge in [0.05, 0.1) is 18.3 Å². The first kappa shape index (κ1) is 36.2. The molecular formula is C28H45NO11S3. The summed E-state index contributed by atoms with van der Waals surface area (Å²) in [5.74, 6) is 0.537. The molecule has 43 heavy (non-hydrogen) atoms. The second-order valence-corrected chi connectivity index (χ2v) is 14.5. The van der Waals surface area contributed by atoms with Gasteiger partial charge in [-0.2, -0.15) is 0 Å². The Hall–Kier alpha value is -1.23. The van der Waals surface area contributed by atoms with Gasteiger partial charge in [0.1, 0.15) is 41.2 Å². The maximum absolute atomic E-state index is 11.8. The number of carbonyl (C=O) groups is 4. The monoisotopic (exact) mass is 667 g/mol. The summed E-state index contributed by atoms with van der Waals surface area (Å²) in [6.07, 6.45) is 1.71. The highest BCUT2D eigenvalue weighted by Gasteiger charge is 2.37. The van der Waals surface area contributed by atoms with Gasteiger partial charge in [0.25, 0.3) is 0 Å². The van der Waals surface area contributed by atoms with Crippen molar-refractivity contribution in [3.8, 4) is 0 Å². The summed E-state index contributed by atoms with van der Waals surface area (Å²) in [4.78, 5) is 46.3. The molecule has 0 spiro atoms. The second kappa shape index (κ2) is 18.7. The van der Waals surface area contributed by atoms with Gasteiger partial charge >= 0.3 is 23.9 Å². The lowest BCUT2D eigenvalue weighted by Crippen LogP contribution is -2.41. The molecule has 0 aromatic heterocycles. The first-order valence-electron chi connectivity index (χ1n) is 14.6. The van der Waals surface area contributed by atoms with Crippen molar-refractivity contribution < 1.29 is 52.3 Å². The van der Waals surface area contributed by atoms with Gasteiger partial charge in [-0.1, -0.05) is 0 Å². The molecule has 3 rings (SSSR count). The van der Waals surface area contributed by atoms with Crippen molar-refractivity contribution in [2.75, 3.05) is 30.4 Å². The Morgan fingerprint density at radius 3 is 1.40 bits per heavy atom. The number of carbonyl (C=O) groups excluding carboxylic acids is 4. The van der Waals surface area contributed by atoms with Crippen molar-refractivity contribution in [2.24, 2.45) is 5.73 Å². The van der Waals surface area contributed by atoms with E-state index in [1.807, 2.05) is 0 Å². The largest absolute Gasteiger partial charge is 0.463 e. The SMILES string of the molecule is CC(=O)OCC1CC(OC(C)=O)CC(SCC2CC(OC(C)=O)CC(SCC3CC(OC(C)=O)CC(SCCN)O3)O2)O1. The summed E-state index contributed by atoms with van der Waals surface area (Å²) in [5, 5.41) is 0. The van der Waals surface area contributed by atoms with Gasteiger partial charge in [-0.05, 0) is 0 Å². The molecule has 3 heterocycles. The highest BCUT2D eigenvalue weighted by Crippen LogP contribution is 2.37. The first-order chi connectivity index (χ1) is 20.5. The van der Waals surface area contributed by atoms with Crippen LogP contribution in [0.5, 0.6) is 0 Å². The molecule has 0 bridgehead atoms. The van der Waals surface area contributed by atoms with Crippen LogP contribution in [0, 0.1) is 0 Å². The Bertz CT molecular complexity index is 928. The number of hydrogen-bond acceptors (Lipinski definition) is 15. The van der Waals surface area contributed by atoms with E-state index in [-0.39, 0.29) is 77.4 Å². The summed E-state index contributed by atoms with van der Waals surface area (Å²) in [6.45, 7) is 6.15. The van der Waals surface area contributed by atoms with Crippen molar-refractivity contribution in [1.29, 1.82) is 0 Å². The lowest BCUT2D eigenvalue weighted by atomic mass is 10.1. The lowest BCUT2D eigenvalue weighted by molar-refractivity contribution is -0.162. The average Bonchev–Trinajstić information content (AvgIpc) is 2.91. The fourth-order valence-electron chi connectivity index (χ4n) is 5.27. The molecule has 3 fully saturated rings. The fraction of sp³-hybridized carbons (Fsp3) is 0.857. The normalized spacial score (nSPS) is 32.8. The predicted octanol–water partition coefficient (Wildman–Crippen LogP) is 3.02. The second-order valence-electron chi connectivity index (χ2n) is 10.8. The molecule has 246 valence electrons. The zero-order valence-corrected chi connectivity index (χ0v) is 27.7.